The van der Waals surface area contributed by atoms with E-state index < -0.39 is 0 Å². The Morgan fingerprint density at radius 2 is 1.75 bits per heavy atom. The summed E-state index contributed by atoms with van der Waals surface area (Å²) < 4.78 is 0. The lowest BCUT2D eigenvalue weighted by atomic mass is 10.1. The maximum absolute atomic E-state index is 10.7. The summed E-state index contributed by atoms with van der Waals surface area (Å²) in [7, 11) is 0. The molecule has 0 atom stereocenters. The zero-order valence-corrected chi connectivity index (χ0v) is 8.48. The lowest BCUT2D eigenvalue weighted by Gasteiger charge is -1.96. The maximum Gasteiger partial charge on any atom is 0.152 e. The molecule has 0 aliphatic carbocycles. The van der Waals surface area contributed by atoms with Crippen molar-refractivity contribution in [3.8, 4) is 0 Å². The predicted molar refractivity (Wildman–Crippen MR) is 53.1 cm³/mol. The van der Waals surface area contributed by atoms with Crippen LogP contribution in [-0.2, 0) is 4.79 Å². The van der Waals surface area contributed by atoms with E-state index in [1.54, 1.807) is 13.0 Å². The number of carbonyl (C=O) groups excluding carboxylic acids is 1. The van der Waals surface area contributed by atoms with Crippen LogP contribution in [0.1, 0.15) is 40.5 Å². The first-order valence-corrected chi connectivity index (χ1v) is 4.33. The van der Waals surface area contributed by atoms with Gasteiger partial charge >= 0.3 is 0 Å². The van der Waals surface area contributed by atoms with Crippen LogP contribution in [0.5, 0.6) is 0 Å². The normalized spacial score (nSPS) is 11.2. The van der Waals surface area contributed by atoms with Gasteiger partial charge in [-0.15, -0.1) is 0 Å². The second kappa shape index (κ2) is 5.76. The Morgan fingerprint density at radius 1 is 1.17 bits per heavy atom. The molecule has 0 spiro atoms. The van der Waals surface area contributed by atoms with Gasteiger partial charge in [-0.1, -0.05) is 17.2 Å². The van der Waals surface area contributed by atoms with E-state index in [1.807, 2.05) is 6.92 Å². The van der Waals surface area contributed by atoms with Crippen LogP contribution in [0.3, 0.4) is 0 Å². The lowest BCUT2D eigenvalue weighted by molar-refractivity contribution is -0.112. The minimum Gasteiger partial charge on any atom is -0.295 e. The first-order valence-electron chi connectivity index (χ1n) is 4.33. The Labute approximate surface area is 75.2 Å². The molecule has 0 aromatic carbocycles. The Bertz CT molecular complexity index is 205. The molecule has 0 fully saturated rings. The Hall–Kier alpha value is -0.850. The number of ketones is 1. The lowest BCUT2D eigenvalue weighted by Crippen LogP contribution is -1.85. The van der Waals surface area contributed by atoms with Crippen LogP contribution in [0, 0.1) is 0 Å². The van der Waals surface area contributed by atoms with Crippen molar-refractivity contribution in [2.24, 2.45) is 0 Å². The average molecular weight is 166 g/mol. The van der Waals surface area contributed by atoms with Gasteiger partial charge in [0, 0.05) is 0 Å². The van der Waals surface area contributed by atoms with Gasteiger partial charge in [0.15, 0.2) is 5.78 Å². The zero-order chi connectivity index (χ0) is 9.56. The summed E-state index contributed by atoms with van der Waals surface area (Å²) in [6.45, 7) is 7.76. The van der Waals surface area contributed by atoms with Crippen LogP contribution < -0.4 is 0 Å². The summed E-state index contributed by atoms with van der Waals surface area (Å²) in [6, 6.07) is 0. The molecule has 0 aromatic rings. The second-order valence-corrected chi connectivity index (χ2v) is 3.42. The van der Waals surface area contributed by atoms with Crippen LogP contribution >= 0.6 is 0 Å². The molecular formula is C11H18O. The third-order valence-corrected chi connectivity index (χ3v) is 1.54. The molecule has 0 N–H and O–H groups in total. The molecule has 0 bridgehead atoms. The summed E-state index contributed by atoms with van der Waals surface area (Å²) in [4.78, 5) is 10.7. The molecule has 0 saturated carbocycles. The third-order valence-electron chi connectivity index (χ3n) is 1.54. The Morgan fingerprint density at radius 3 is 2.17 bits per heavy atom. The molecule has 1 heteroatoms. The summed E-state index contributed by atoms with van der Waals surface area (Å²) >= 11 is 0. The number of carbonyl (C=O) groups is 1. The number of rotatable bonds is 4. The van der Waals surface area contributed by atoms with Gasteiger partial charge < -0.3 is 0 Å². The highest BCUT2D eigenvalue weighted by Crippen LogP contribution is 2.06. The molecule has 12 heavy (non-hydrogen) atoms. The quantitative estimate of drug-likeness (QED) is 0.462. The monoisotopic (exact) mass is 166 g/mol. The number of hydrogen-bond acceptors (Lipinski definition) is 1. The topological polar surface area (TPSA) is 17.1 Å². The van der Waals surface area contributed by atoms with E-state index in [4.69, 9.17) is 0 Å². The molecule has 0 aliphatic rings. The first-order chi connectivity index (χ1) is 5.52. The van der Waals surface area contributed by atoms with Crippen molar-refractivity contribution in [3.05, 3.63) is 23.3 Å². The van der Waals surface area contributed by atoms with Gasteiger partial charge in [0.1, 0.15) is 0 Å². The predicted octanol–water partition coefficient (Wildman–Crippen LogP) is 3.27. The van der Waals surface area contributed by atoms with Crippen LogP contribution in [0.25, 0.3) is 0 Å². The molecule has 0 aromatic heterocycles. The highest BCUT2D eigenvalue weighted by Gasteiger charge is 1.90. The summed E-state index contributed by atoms with van der Waals surface area (Å²) in [5.74, 6) is 0.143. The van der Waals surface area contributed by atoms with Gasteiger partial charge in [-0.2, -0.15) is 0 Å². The van der Waals surface area contributed by atoms with E-state index in [1.165, 1.54) is 11.1 Å². The van der Waals surface area contributed by atoms with Crippen LogP contribution in [0.4, 0.5) is 0 Å². The van der Waals surface area contributed by atoms with Gasteiger partial charge in [0.2, 0.25) is 0 Å². The van der Waals surface area contributed by atoms with E-state index in [-0.39, 0.29) is 5.78 Å². The van der Waals surface area contributed by atoms with Crippen LogP contribution in [0.2, 0.25) is 0 Å². The average Bonchev–Trinajstić information content (AvgIpc) is 1.84. The summed E-state index contributed by atoms with van der Waals surface area (Å²) in [6.07, 6.45) is 5.93. The molecule has 0 heterocycles. The van der Waals surface area contributed by atoms with E-state index >= 15 is 0 Å². The highest BCUT2D eigenvalue weighted by molar-refractivity contribution is 5.87. The van der Waals surface area contributed by atoms with Crippen molar-refractivity contribution in [2.75, 3.05) is 0 Å². The molecule has 0 unspecified atom stereocenters. The number of hydrogen-bond donors (Lipinski definition) is 0. The van der Waals surface area contributed by atoms with E-state index in [9.17, 15) is 4.79 Å². The van der Waals surface area contributed by atoms with Crippen molar-refractivity contribution in [3.63, 3.8) is 0 Å². The molecular weight excluding hydrogens is 148 g/mol. The van der Waals surface area contributed by atoms with Gasteiger partial charge in [-0.25, -0.2) is 0 Å². The van der Waals surface area contributed by atoms with Crippen LogP contribution in [-0.4, -0.2) is 5.78 Å². The highest BCUT2D eigenvalue weighted by atomic mass is 16.1. The maximum atomic E-state index is 10.7. The molecule has 0 radical (unpaired) electrons. The fourth-order valence-electron chi connectivity index (χ4n) is 1.01. The molecule has 0 aliphatic heterocycles. The minimum atomic E-state index is 0.143. The third kappa shape index (κ3) is 7.26. The van der Waals surface area contributed by atoms with Crippen molar-refractivity contribution in [2.45, 2.75) is 40.5 Å². The fourth-order valence-corrected chi connectivity index (χ4v) is 1.01. The first kappa shape index (κ1) is 11.2. The van der Waals surface area contributed by atoms with E-state index in [0.717, 1.165) is 12.8 Å². The fraction of sp³-hybridized carbons (Fsp3) is 0.545. The molecule has 0 saturated heterocycles. The Balaban J connectivity index is 3.79. The van der Waals surface area contributed by atoms with Gasteiger partial charge in [0.05, 0.1) is 0 Å². The zero-order valence-electron chi connectivity index (χ0n) is 8.48. The Kier molecular flexibility index (Phi) is 5.35. The number of allylic oxidation sites excluding steroid dienone is 4. The summed E-state index contributed by atoms with van der Waals surface area (Å²) in [5, 5.41) is 0. The largest absolute Gasteiger partial charge is 0.295 e. The van der Waals surface area contributed by atoms with Crippen molar-refractivity contribution in [1.29, 1.82) is 0 Å². The second-order valence-electron chi connectivity index (χ2n) is 3.42. The molecule has 1 nitrogen and oxygen atoms in total. The van der Waals surface area contributed by atoms with Crippen LogP contribution in [0.15, 0.2) is 23.3 Å². The van der Waals surface area contributed by atoms with Crippen molar-refractivity contribution >= 4 is 5.78 Å². The summed E-state index contributed by atoms with van der Waals surface area (Å²) in [5.41, 5.74) is 2.51. The van der Waals surface area contributed by atoms with Gasteiger partial charge in [-0.05, 0) is 46.6 Å². The molecule has 68 valence electrons. The minimum absolute atomic E-state index is 0.143. The van der Waals surface area contributed by atoms with Gasteiger partial charge in [0.25, 0.3) is 0 Å². The smallest absolute Gasteiger partial charge is 0.152 e. The van der Waals surface area contributed by atoms with E-state index in [2.05, 4.69) is 19.9 Å². The van der Waals surface area contributed by atoms with Crippen molar-refractivity contribution in [1.82, 2.24) is 0 Å². The van der Waals surface area contributed by atoms with Gasteiger partial charge in [-0.3, -0.25) is 4.79 Å². The molecule has 0 rings (SSSR count). The SMILES string of the molecule is CC(=O)/C=C(/C)CCC=C(C)C. The van der Waals surface area contributed by atoms with Crippen molar-refractivity contribution < 1.29 is 4.79 Å². The van der Waals surface area contributed by atoms with E-state index in [0.29, 0.717) is 0 Å². The molecule has 0 amide bonds. The standard InChI is InChI=1S/C11H18O/c1-9(2)6-5-7-10(3)8-11(4)12/h6,8H,5,7H2,1-4H3/b10-8-.